The van der Waals surface area contributed by atoms with Gasteiger partial charge in [0.15, 0.2) is 0 Å². The molecule has 1 aromatic carbocycles. The molecule has 0 aromatic heterocycles. The third-order valence-electron chi connectivity index (χ3n) is 4.78. The highest BCUT2D eigenvalue weighted by molar-refractivity contribution is 6.22. The van der Waals surface area contributed by atoms with Crippen LogP contribution in [0.4, 0.5) is 5.69 Å². The fraction of sp³-hybridized carbons (Fsp3) is 0.471. The molecule has 3 rings (SSSR count). The van der Waals surface area contributed by atoms with Gasteiger partial charge in [0.2, 0.25) is 11.8 Å². The van der Waals surface area contributed by atoms with Gasteiger partial charge in [-0.1, -0.05) is 18.2 Å². The molecule has 0 radical (unpaired) electrons. The van der Waals surface area contributed by atoms with Crippen LogP contribution in [0, 0.1) is 12.8 Å². The van der Waals surface area contributed by atoms with Gasteiger partial charge in [0.1, 0.15) is 0 Å². The van der Waals surface area contributed by atoms with E-state index in [1.54, 1.807) is 6.07 Å². The maximum Gasteiger partial charge on any atom is 0.251 e. The minimum absolute atomic E-state index is 0.165. The Balaban J connectivity index is 1.81. The predicted octanol–water partition coefficient (Wildman–Crippen LogP) is 0.824. The number of hydrogen-bond donors (Lipinski definition) is 1. The fourth-order valence-corrected chi connectivity index (χ4v) is 3.49. The topological polar surface area (TPSA) is 83.7 Å². The smallest absolute Gasteiger partial charge is 0.251 e. The van der Waals surface area contributed by atoms with Crippen LogP contribution in [-0.4, -0.2) is 41.8 Å². The van der Waals surface area contributed by atoms with E-state index in [-0.39, 0.29) is 30.1 Å². The number of nitrogens with zero attached hydrogens (tertiary/aromatic N) is 2. The monoisotopic (exact) mass is 315 g/mol. The van der Waals surface area contributed by atoms with Crippen LogP contribution in [-0.2, 0) is 14.4 Å². The minimum Gasteiger partial charge on any atom is -0.369 e. The second-order valence-electron chi connectivity index (χ2n) is 6.31. The van der Waals surface area contributed by atoms with Gasteiger partial charge in [0, 0.05) is 6.54 Å². The number of aryl methyl sites for hydroxylation is 1. The Morgan fingerprint density at radius 3 is 2.70 bits per heavy atom. The summed E-state index contributed by atoms with van der Waals surface area (Å²) in [6.45, 7) is 3.06. The molecule has 2 heterocycles. The average Bonchev–Trinajstić information content (AvgIpc) is 2.83. The first kappa shape index (κ1) is 15.7. The molecule has 122 valence electrons. The summed E-state index contributed by atoms with van der Waals surface area (Å²) >= 11 is 0. The molecule has 0 saturated carbocycles. The zero-order chi connectivity index (χ0) is 16.6. The average molecular weight is 315 g/mol. The fourth-order valence-electron chi connectivity index (χ4n) is 3.49. The van der Waals surface area contributed by atoms with Crippen molar-refractivity contribution in [1.82, 2.24) is 4.90 Å². The Morgan fingerprint density at radius 1 is 1.26 bits per heavy atom. The first-order valence-electron chi connectivity index (χ1n) is 7.95. The number of piperidine rings is 1. The number of anilines is 1. The van der Waals surface area contributed by atoms with Crippen LogP contribution in [0.2, 0.25) is 0 Å². The van der Waals surface area contributed by atoms with Gasteiger partial charge in [0.05, 0.1) is 24.1 Å². The molecular formula is C17H21N3O3. The highest BCUT2D eigenvalue weighted by Crippen LogP contribution is 2.30. The van der Waals surface area contributed by atoms with Crippen molar-refractivity contribution >= 4 is 23.4 Å². The van der Waals surface area contributed by atoms with Crippen LogP contribution in [0.15, 0.2) is 24.3 Å². The molecule has 2 aliphatic rings. The normalized spacial score (nSPS) is 25.9. The second-order valence-corrected chi connectivity index (χ2v) is 6.31. The molecule has 0 bridgehead atoms. The maximum absolute atomic E-state index is 12.8. The molecule has 0 aliphatic carbocycles. The lowest BCUT2D eigenvalue weighted by Crippen LogP contribution is -2.49. The summed E-state index contributed by atoms with van der Waals surface area (Å²) in [4.78, 5) is 39.8. The van der Waals surface area contributed by atoms with E-state index in [1.165, 1.54) is 4.90 Å². The molecule has 0 spiro atoms. The molecule has 6 heteroatoms. The zero-order valence-electron chi connectivity index (χ0n) is 13.2. The van der Waals surface area contributed by atoms with Crippen LogP contribution in [0.25, 0.3) is 0 Å². The van der Waals surface area contributed by atoms with Gasteiger partial charge in [0.25, 0.3) is 5.91 Å². The number of nitrogens with two attached hydrogens (primary N) is 1. The summed E-state index contributed by atoms with van der Waals surface area (Å²) in [6, 6.07) is 6.89. The molecule has 1 aromatic rings. The van der Waals surface area contributed by atoms with Crippen molar-refractivity contribution in [2.45, 2.75) is 32.2 Å². The molecule has 2 unspecified atom stereocenters. The first-order valence-corrected chi connectivity index (χ1v) is 7.95. The number of likely N-dealkylation sites (tertiary alicyclic amines) is 1. The lowest BCUT2D eigenvalue weighted by molar-refractivity contribution is -0.127. The van der Waals surface area contributed by atoms with Crippen molar-refractivity contribution in [3.63, 3.8) is 0 Å². The van der Waals surface area contributed by atoms with Gasteiger partial charge >= 0.3 is 0 Å². The molecule has 2 atom stereocenters. The summed E-state index contributed by atoms with van der Waals surface area (Å²) < 4.78 is 0. The molecule has 6 nitrogen and oxygen atoms in total. The summed E-state index contributed by atoms with van der Waals surface area (Å²) in [5.74, 6) is -0.952. The van der Waals surface area contributed by atoms with E-state index < -0.39 is 6.04 Å². The number of carbonyl (C=O) groups excluding carboxylic acids is 3. The van der Waals surface area contributed by atoms with E-state index in [9.17, 15) is 14.4 Å². The lowest BCUT2D eigenvalue weighted by Gasteiger charge is -2.34. The number of amides is 3. The van der Waals surface area contributed by atoms with Crippen LogP contribution in [0.5, 0.6) is 0 Å². The zero-order valence-corrected chi connectivity index (χ0v) is 13.2. The summed E-state index contributed by atoms with van der Waals surface area (Å²) in [5.41, 5.74) is 6.94. The highest BCUT2D eigenvalue weighted by Gasteiger charge is 2.44. The Kier molecular flexibility index (Phi) is 4.17. The van der Waals surface area contributed by atoms with Gasteiger partial charge < -0.3 is 5.73 Å². The number of benzene rings is 1. The summed E-state index contributed by atoms with van der Waals surface area (Å²) in [7, 11) is 0. The number of hydrogen-bond acceptors (Lipinski definition) is 4. The van der Waals surface area contributed by atoms with Crippen molar-refractivity contribution in [3.8, 4) is 0 Å². The number of primary amides is 1. The van der Waals surface area contributed by atoms with Crippen molar-refractivity contribution in [3.05, 3.63) is 29.8 Å². The Bertz CT molecular complexity index is 658. The molecule has 2 aliphatic heterocycles. The molecule has 3 amide bonds. The third kappa shape index (κ3) is 2.86. The van der Waals surface area contributed by atoms with Gasteiger partial charge in [-0.05, 0) is 37.9 Å². The summed E-state index contributed by atoms with van der Waals surface area (Å²) in [6.07, 6.45) is 1.73. The standard InChI is InChI=1S/C17H21N3O3/c1-11-5-2-3-7-13(11)20-15(21)9-14(17(20)23)19-8-4-6-12(10-19)16(18)22/h2-3,5,7,12,14H,4,6,8-10H2,1H3,(H2,18,22). The number of para-hydroxylation sites is 1. The number of rotatable bonds is 3. The Morgan fingerprint density at radius 2 is 2.00 bits per heavy atom. The van der Waals surface area contributed by atoms with E-state index in [4.69, 9.17) is 5.73 Å². The van der Waals surface area contributed by atoms with E-state index in [1.807, 2.05) is 30.0 Å². The molecule has 2 N–H and O–H groups in total. The van der Waals surface area contributed by atoms with Crippen LogP contribution < -0.4 is 10.6 Å². The van der Waals surface area contributed by atoms with E-state index in [0.717, 1.165) is 24.9 Å². The Hall–Kier alpha value is -2.21. The summed E-state index contributed by atoms with van der Waals surface area (Å²) in [5, 5.41) is 0. The lowest BCUT2D eigenvalue weighted by atomic mass is 9.96. The van der Waals surface area contributed by atoms with Gasteiger partial charge in [-0.15, -0.1) is 0 Å². The molecule has 2 saturated heterocycles. The number of imide groups is 1. The van der Waals surface area contributed by atoms with Gasteiger partial charge in [-0.2, -0.15) is 0 Å². The molecular weight excluding hydrogens is 294 g/mol. The first-order chi connectivity index (χ1) is 11.0. The van der Waals surface area contributed by atoms with Crippen molar-refractivity contribution in [2.24, 2.45) is 11.7 Å². The SMILES string of the molecule is Cc1ccccc1N1C(=O)CC(N2CCCC(C(N)=O)C2)C1=O. The van der Waals surface area contributed by atoms with Gasteiger partial charge in [-0.25, -0.2) is 4.90 Å². The highest BCUT2D eigenvalue weighted by atomic mass is 16.2. The van der Waals surface area contributed by atoms with Crippen LogP contribution in [0.1, 0.15) is 24.8 Å². The van der Waals surface area contributed by atoms with Crippen molar-refractivity contribution in [2.75, 3.05) is 18.0 Å². The van der Waals surface area contributed by atoms with Crippen LogP contribution >= 0.6 is 0 Å². The number of carbonyl (C=O) groups is 3. The second kappa shape index (κ2) is 6.12. The van der Waals surface area contributed by atoms with Gasteiger partial charge in [-0.3, -0.25) is 19.3 Å². The van der Waals surface area contributed by atoms with Crippen molar-refractivity contribution in [1.29, 1.82) is 0 Å². The molecule has 2 fully saturated rings. The van der Waals surface area contributed by atoms with E-state index >= 15 is 0 Å². The van der Waals surface area contributed by atoms with E-state index in [0.29, 0.717) is 12.2 Å². The quantitative estimate of drug-likeness (QED) is 0.837. The van der Waals surface area contributed by atoms with Crippen LogP contribution in [0.3, 0.4) is 0 Å². The van der Waals surface area contributed by atoms with E-state index in [2.05, 4.69) is 0 Å². The Labute approximate surface area is 135 Å². The third-order valence-corrected chi connectivity index (χ3v) is 4.78. The van der Waals surface area contributed by atoms with Crippen molar-refractivity contribution < 1.29 is 14.4 Å². The maximum atomic E-state index is 12.8. The predicted molar refractivity (Wildman–Crippen MR) is 85.6 cm³/mol. The largest absolute Gasteiger partial charge is 0.369 e. The minimum atomic E-state index is -0.482. The molecule has 23 heavy (non-hydrogen) atoms.